The molecule has 1 aliphatic carbocycles. The lowest BCUT2D eigenvalue weighted by molar-refractivity contribution is -0.143. The fourth-order valence-corrected chi connectivity index (χ4v) is 2.75. The second-order valence-electron chi connectivity index (χ2n) is 5.68. The molecule has 0 spiro atoms. The average Bonchev–Trinajstić information content (AvgIpc) is 2.43. The summed E-state index contributed by atoms with van der Waals surface area (Å²) in [4.78, 5) is 33.9. The minimum Gasteiger partial charge on any atom is -0.480 e. The molecule has 1 rings (SSSR count). The van der Waals surface area contributed by atoms with Crippen molar-refractivity contribution in [3.63, 3.8) is 0 Å². The zero-order chi connectivity index (χ0) is 15.8. The first-order valence-corrected chi connectivity index (χ1v) is 7.40. The van der Waals surface area contributed by atoms with Gasteiger partial charge in [-0.05, 0) is 51.6 Å². The summed E-state index contributed by atoms with van der Waals surface area (Å²) in [5.74, 6) is -1.47. The molecule has 0 aromatic carbocycles. The first-order chi connectivity index (χ1) is 9.93. The van der Waals surface area contributed by atoms with Crippen molar-refractivity contribution in [2.24, 2.45) is 17.6 Å². The summed E-state index contributed by atoms with van der Waals surface area (Å²) in [6.07, 6.45) is 3.48. The Labute approximate surface area is 124 Å². The molecule has 0 aromatic rings. The minimum atomic E-state index is -1.13. The van der Waals surface area contributed by atoms with Gasteiger partial charge >= 0.3 is 5.97 Å². The van der Waals surface area contributed by atoms with Gasteiger partial charge in [0.25, 0.3) is 0 Å². The second-order valence-corrected chi connectivity index (χ2v) is 5.68. The summed E-state index contributed by atoms with van der Waals surface area (Å²) in [5, 5.41) is 14.7. The Hall–Kier alpha value is -1.63. The largest absolute Gasteiger partial charge is 0.480 e. The zero-order valence-corrected chi connectivity index (χ0v) is 12.4. The predicted octanol–water partition coefficient (Wildman–Crippen LogP) is -0.153. The number of rotatable bonds is 8. The Kier molecular flexibility index (Phi) is 7.14. The van der Waals surface area contributed by atoms with E-state index in [9.17, 15) is 14.4 Å². The van der Waals surface area contributed by atoms with E-state index in [0.717, 1.165) is 32.2 Å². The van der Waals surface area contributed by atoms with Crippen molar-refractivity contribution in [3.05, 3.63) is 0 Å². The Morgan fingerprint density at radius 3 is 2.33 bits per heavy atom. The quantitative estimate of drug-likeness (QED) is 0.496. The van der Waals surface area contributed by atoms with Gasteiger partial charge in [0.15, 0.2) is 0 Å². The normalized spacial score (nSPS) is 23.3. The summed E-state index contributed by atoms with van der Waals surface area (Å²) in [7, 11) is 1.91. The number of carbonyl (C=O) groups is 3. The summed E-state index contributed by atoms with van der Waals surface area (Å²) in [5.41, 5.74) is 5.01. The van der Waals surface area contributed by atoms with Crippen molar-refractivity contribution in [2.75, 3.05) is 13.6 Å². The third-order valence-corrected chi connectivity index (χ3v) is 4.00. The summed E-state index contributed by atoms with van der Waals surface area (Å²) in [6.45, 7) is 0.949. The van der Waals surface area contributed by atoms with Crippen LogP contribution in [0.25, 0.3) is 0 Å². The van der Waals surface area contributed by atoms with E-state index in [-0.39, 0.29) is 24.7 Å². The fourth-order valence-electron chi connectivity index (χ4n) is 2.75. The number of primary amides is 1. The van der Waals surface area contributed by atoms with Crippen LogP contribution in [0.3, 0.4) is 0 Å². The Morgan fingerprint density at radius 2 is 1.86 bits per heavy atom. The molecule has 21 heavy (non-hydrogen) atoms. The third kappa shape index (κ3) is 6.12. The minimum absolute atomic E-state index is 0.0332. The van der Waals surface area contributed by atoms with Gasteiger partial charge in [-0.15, -0.1) is 0 Å². The number of carbonyl (C=O) groups excluding carboxylic acids is 2. The van der Waals surface area contributed by atoms with Gasteiger partial charge in [-0.1, -0.05) is 0 Å². The third-order valence-electron chi connectivity index (χ3n) is 4.00. The van der Waals surface area contributed by atoms with Crippen molar-refractivity contribution >= 4 is 17.8 Å². The molecule has 1 aliphatic rings. The first-order valence-electron chi connectivity index (χ1n) is 7.40. The summed E-state index contributed by atoms with van der Waals surface area (Å²) in [6, 6.07) is -1.04. The van der Waals surface area contributed by atoms with Crippen LogP contribution in [0, 0.1) is 11.8 Å². The van der Waals surface area contributed by atoms with Crippen LogP contribution in [0.1, 0.15) is 38.5 Å². The maximum absolute atomic E-state index is 12.1. The molecule has 1 atom stereocenters. The molecule has 1 fully saturated rings. The molecular weight excluding hydrogens is 274 g/mol. The maximum Gasteiger partial charge on any atom is 0.326 e. The number of nitrogens with two attached hydrogens (primary N) is 1. The molecule has 0 saturated heterocycles. The topological polar surface area (TPSA) is 122 Å². The summed E-state index contributed by atoms with van der Waals surface area (Å²) < 4.78 is 0. The van der Waals surface area contributed by atoms with Crippen molar-refractivity contribution in [1.82, 2.24) is 10.6 Å². The van der Waals surface area contributed by atoms with Gasteiger partial charge in [0.2, 0.25) is 11.8 Å². The molecule has 0 radical (unpaired) electrons. The van der Waals surface area contributed by atoms with Gasteiger partial charge in [0.05, 0.1) is 0 Å². The van der Waals surface area contributed by atoms with Crippen LogP contribution in [0.2, 0.25) is 0 Å². The second kappa shape index (κ2) is 8.61. The van der Waals surface area contributed by atoms with Crippen LogP contribution in [-0.2, 0) is 14.4 Å². The molecule has 2 amide bonds. The molecule has 0 aromatic heterocycles. The lowest BCUT2D eigenvalue weighted by Gasteiger charge is -2.28. The van der Waals surface area contributed by atoms with Crippen LogP contribution < -0.4 is 16.4 Å². The van der Waals surface area contributed by atoms with Crippen LogP contribution in [0.15, 0.2) is 0 Å². The van der Waals surface area contributed by atoms with Crippen LogP contribution in [0.4, 0.5) is 0 Å². The predicted molar refractivity (Wildman–Crippen MR) is 77.4 cm³/mol. The number of carboxylic acid groups (broad SMARTS) is 1. The molecule has 0 unspecified atom stereocenters. The number of hydrogen-bond acceptors (Lipinski definition) is 4. The van der Waals surface area contributed by atoms with Crippen LogP contribution in [-0.4, -0.2) is 42.5 Å². The smallest absolute Gasteiger partial charge is 0.326 e. The SMILES string of the molecule is CNCC1CCC(C(=O)N[C@@H](CCC(N)=O)C(=O)O)CC1. The molecule has 5 N–H and O–H groups in total. The van der Waals surface area contributed by atoms with E-state index in [1.54, 1.807) is 0 Å². The van der Waals surface area contributed by atoms with Crippen molar-refractivity contribution in [1.29, 1.82) is 0 Å². The van der Waals surface area contributed by atoms with E-state index in [0.29, 0.717) is 5.92 Å². The molecule has 7 nitrogen and oxygen atoms in total. The van der Waals surface area contributed by atoms with E-state index in [4.69, 9.17) is 10.8 Å². The van der Waals surface area contributed by atoms with E-state index < -0.39 is 17.9 Å². The Morgan fingerprint density at radius 1 is 1.24 bits per heavy atom. The van der Waals surface area contributed by atoms with Crippen molar-refractivity contribution < 1.29 is 19.5 Å². The highest BCUT2D eigenvalue weighted by atomic mass is 16.4. The van der Waals surface area contributed by atoms with Gasteiger partial charge in [-0.2, -0.15) is 0 Å². The Balaban J connectivity index is 2.43. The number of amides is 2. The standard InChI is InChI=1S/C14H25N3O4/c1-16-8-9-2-4-10(5-3-9)13(19)17-11(14(20)21)6-7-12(15)18/h9-11,16H,2-8H2,1H3,(H2,15,18)(H,17,19)(H,20,21)/t9?,10?,11-/m0/s1. The lowest BCUT2D eigenvalue weighted by atomic mass is 9.81. The molecule has 120 valence electrons. The van der Waals surface area contributed by atoms with Crippen LogP contribution in [0.5, 0.6) is 0 Å². The van der Waals surface area contributed by atoms with Gasteiger partial charge in [-0.3, -0.25) is 9.59 Å². The molecule has 0 aliphatic heterocycles. The highest BCUT2D eigenvalue weighted by molar-refractivity contribution is 5.85. The molecular formula is C14H25N3O4. The monoisotopic (exact) mass is 299 g/mol. The number of carboxylic acids is 1. The van der Waals surface area contributed by atoms with Crippen molar-refractivity contribution in [2.45, 2.75) is 44.6 Å². The average molecular weight is 299 g/mol. The first kappa shape index (κ1) is 17.4. The van der Waals surface area contributed by atoms with Gasteiger partial charge in [0, 0.05) is 12.3 Å². The van der Waals surface area contributed by atoms with Crippen LogP contribution >= 0.6 is 0 Å². The van der Waals surface area contributed by atoms with E-state index in [1.807, 2.05) is 7.05 Å². The van der Waals surface area contributed by atoms with E-state index in [1.165, 1.54) is 0 Å². The van der Waals surface area contributed by atoms with Gasteiger partial charge in [-0.25, -0.2) is 4.79 Å². The highest BCUT2D eigenvalue weighted by Crippen LogP contribution is 2.28. The zero-order valence-electron chi connectivity index (χ0n) is 12.4. The maximum atomic E-state index is 12.1. The summed E-state index contributed by atoms with van der Waals surface area (Å²) >= 11 is 0. The fraction of sp³-hybridized carbons (Fsp3) is 0.786. The molecule has 7 heteroatoms. The van der Waals surface area contributed by atoms with Crippen molar-refractivity contribution in [3.8, 4) is 0 Å². The Bertz CT molecular complexity index is 378. The lowest BCUT2D eigenvalue weighted by Crippen LogP contribution is -2.45. The molecule has 0 heterocycles. The number of aliphatic carboxylic acids is 1. The molecule has 0 bridgehead atoms. The number of hydrogen-bond donors (Lipinski definition) is 4. The van der Waals surface area contributed by atoms with Gasteiger partial charge < -0.3 is 21.5 Å². The van der Waals surface area contributed by atoms with Gasteiger partial charge in [0.1, 0.15) is 6.04 Å². The van der Waals surface area contributed by atoms with E-state index >= 15 is 0 Å². The van der Waals surface area contributed by atoms with E-state index in [2.05, 4.69) is 10.6 Å². The molecule has 1 saturated carbocycles. The highest BCUT2D eigenvalue weighted by Gasteiger charge is 2.29. The number of nitrogens with one attached hydrogen (secondary N) is 2.